The first-order chi connectivity index (χ1) is 8.36. The van der Waals surface area contributed by atoms with E-state index in [1.165, 1.54) is 12.8 Å². The van der Waals surface area contributed by atoms with Crippen LogP contribution in [0.15, 0.2) is 0 Å². The third-order valence-corrected chi connectivity index (χ3v) is 3.91. The molecular formula is C12H20N4O. The fraction of sp³-hybridized carbons (Fsp3) is 0.833. The van der Waals surface area contributed by atoms with Gasteiger partial charge in [0.2, 0.25) is 0 Å². The zero-order chi connectivity index (χ0) is 11.7. The molecule has 1 aliphatic carbocycles. The standard InChI is InChI=1S/C12H20N4O/c13-7-9-5-10(6-9)17-8-12-15-14-11-3-1-2-4-16(11)12/h9-10H,1-8,13H2. The van der Waals surface area contributed by atoms with E-state index in [0.717, 1.165) is 44.0 Å². The van der Waals surface area contributed by atoms with Gasteiger partial charge < -0.3 is 15.0 Å². The largest absolute Gasteiger partial charge is 0.370 e. The molecule has 0 atom stereocenters. The summed E-state index contributed by atoms with van der Waals surface area (Å²) in [5.41, 5.74) is 5.60. The number of hydrogen-bond acceptors (Lipinski definition) is 4. The second-order valence-corrected chi connectivity index (χ2v) is 5.15. The Morgan fingerprint density at radius 3 is 3.00 bits per heavy atom. The molecule has 0 amide bonds. The second kappa shape index (κ2) is 4.74. The van der Waals surface area contributed by atoms with Gasteiger partial charge in [-0.1, -0.05) is 0 Å². The number of aromatic nitrogens is 3. The van der Waals surface area contributed by atoms with Crippen molar-refractivity contribution in [3.05, 3.63) is 11.6 Å². The summed E-state index contributed by atoms with van der Waals surface area (Å²) in [4.78, 5) is 0. The van der Waals surface area contributed by atoms with Gasteiger partial charge in [0, 0.05) is 13.0 Å². The van der Waals surface area contributed by atoms with Crippen molar-refractivity contribution < 1.29 is 4.74 Å². The number of nitrogens with two attached hydrogens (primary N) is 1. The maximum Gasteiger partial charge on any atom is 0.159 e. The maximum absolute atomic E-state index is 5.84. The van der Waals surface area contributed by atoms with Crippen LogP contribution in [0.25, 0.3) is 0 Å². The molecule has 0 spiro atoms. The summed E-state index contributed by atoms with van der Waals surface area (Å²) in [6.45, 7) is 2.45. The van der Waals surface area contributed by atoms with Crippen molar-refractivity contribution in [1.82, 2.24) is 14.8 Å². The Balaban J connectivity index is 1.53. The lowest BCUT2D eigenvalue weighted by Crippen LogP contribution is -2.35. The third kappa shape index (κ3) is 2.21. The lowest BCUT2D eigenvalue weighted by Gasteiger charge is -2.34. The fourth-order valence-electron chi connectivity index (χ4n) is 2.67. The van der Waals surface area contributed by atoms with E-state index in [-0.39, 0.29) is 0 Å². The minimum Gasteiger partial charge on any atom is -0.370 e. The van der Waals surface area contributed by atoms with Crippen molar-refractivity contribution in [3.8, 4) is 0 Å². The molecule has 2 N–H and O–H groups in total. The van der Waals surface area contributed by atoms with Gasteiger partial charge in [0.15, 0.2) is 5.82 Å². The van der Waals surface area contributed by atoms with E-state index >= 15 is 0 Å². The molecule has 1 aliphatic heterocycles. The number of nitrogens with zero attached hydrogens (tertiary/aromatic N) is 3. The Labute approximate surface area is 101 Å². The minimum atomic E-state index is 0.389. The van der Waals surface area contributed by atoms with E-state index < -0.39 is 0 Å². The van der Waals surface area contributed by atoms with Crippen LogP contribution in [-0.4, -0.2) is 27.4 Å². The highest BCUT2D eigenvalue weighted by atomic mass is 16.5. The Morgan fingerprint density at radius 1 is 1.29 bits per heavy atom. The summed E-state index contributed by atoms with van der Waals surface area (Å²) in [7, 11) is 0. The van der Waals surface area contributed by atoms with E-state index in [4.69, 9.17) is 10.5 Å². The summed E-state index contributed by atoms with van der Waals surface area (Å²) >= 11 is 0. The Bertz CT molecular complexity index is 384. The quantitative estimate of drug-likeness (QED) is 0.842. The second-order valence-electron chi connectivity index (χ2n) is 5.15. The zero-order valence-corrected chi connectivity index (χ0v) is 10.1. The highest BCUT2D eigenvalue weighted by Crippen LogP contribution is 2.29. The molecule has 2 heterocycles. The van der Waals surface area contributed by atoms with Crippen LogP contribution in [0.2, 0.25) is 0 Å². The highest BCUT2D eigenvalue weighted by Gasteiger charge is 2.29. The predicted octanol–water partition coefficient (Wildman–Crippen LogP) is 0.868. The maximum atomic E-state index is 5.84. The monoisotopic (exact) mass is 236 g/mol. The molecule has 0 radical (unpaired) electrons. The average Bonchev–Trinajstić information content (AvgIpc) is 2.71. The molecule has 17 heavy (non-hydrogen) atoms. The van der Waals surface area contributed by atoms with Crippen LogP contribution in [0.5, 0.6) is 0 Å². The summed E-state index contributed by atoms with van der Waals surface area (Å²) in [6.07, 6.45) is 6.14. The number of hydrogen-bond donors (Lipinski definition) is 1. The molecule has 5 heteroatoms. The SMILES string of the molecule is NCC1CC(OCc2nnc3n2CCCC3)C1. The molecule has 94 valence electrons. The van der Waals surface area contributed by atoms with E-state index in [0.29, 0.717) is 18.6 Å². The summed E-state index contributed by atoms with van der Waals surface area (Å²) < 4.78 is 8.07. The Hall–Kier alpha value is -0.940. The average molecular weight is 236 g/mol. The summed E-state index contributed by atoms with van der Waals surface area (Å²) in [5.74, 6) is 2.80. The van der Waals surface area contributed by atoms with E-state index in [1.807, 2.05) is 0 Å². The normalized spacial score (nSPS) is 27.6. The molecule has 0 saturated heterocycles. The van der Waals surface area contributed by atoms with Gasteiger partial charge >= 0.3 is 0 Å². The van der Waals surface area contributed by atoms with Gasteiger partial charge in [-0.2, -0.15) is 0 Å². The van der Waals surface area contributed by atoms with E-state index in [1.54, 1.807) is 0 Å². The van der Waals surface area contributed by atoms with Crippen LogP contribution < -0.4 is 5.73 Å². The molecule has 1 saturated carbocycles. The van der Waals surface area contributed by atoms with Crippen molar-refractivity contribution in [3.63, 3.8) is 0 Å². The lowest BCUT2D eigenvalue weighted by atomic mass is 9.82. The Morgan fingerprint density at radius 2 is 2.18 bits per heavy atom. The summed E-state index contributed by atoms with van der Waals surface area (Å²) in [5, 5.41) is 8.45. The topological polar surface area (TPSA) is 66.0 Å². The van der Waals surface area contributed by atoms with Gasteiger partial charge in [0.25, 0.3) is 0 Å². The van der Waals surface area contributed by atoms with Crippen LogP contribution in [0, 0.1) is 5.92 Å². The van der Waals surface area contributed by atoms with Crippen molar-refractivity contribution in [2.24, 2.45) is 11.7 Å². The first-order valence-electron chi connectivity index (χ1n) is 6.59. The van der Waals surface area contributed by atoms with Crippen LogP contribution in [0.3, 0.4) is 0 Å². The van der Waals surface area contributed by atoms with Crippen LogP contribution >= 0.6 is 0 Å². The fourth-order valence-corrected chi connectivity index (χ4v) is 2.67. The Kier molecular flexibility index (Phi) is 3.11. The molecule has 3 rings (SSSR count). The number of rotatable bonds is 4. The molecule has 1 aromatic heterocycles. The summed E-state index contributed by atoms with van der Waals surface area (Å²) in [6, 6.07) is 0. The van der Waals surface area contributed by atoms with Crippen LogP contribution in [0.1, 0.15) is 37.3 Å². The van der Waals surface area contributed by atoms with Crippen LogP contribution in [0.4, 0.5) is 0 Å². The van der Waals surface area contributed by atoms with Gasteiger partial charge in [0.05, 0.1) is 6.10 Å². The molecule has 0 bridgehead atoms. The number of ether oxygens (including phenoxy) is 1. The molecular weight excluding hydrogens is 216 g/mol. The lowest BCUT2D eigenvalue weighted by molar-refractivity contribution is -0.0411. The zero-order valence-electron chi connectivity index (χ0n) is 10.1. The van der Waals surface area contributed by atoms with Crippen molar-refractivity contribution in [2.75, 3.05) is 6.54 Å². The van der Waals surface area contributed by atoms with Crippen molar-refractivity contribution in [2.45, 2.75) is 51.4 Å². The van der Waals surface area contributed by atoms with E-state index in [9.17, 15) is 0 Å². The first-order valence-corrected chi connectivity index (χ1v) is 6.59. The first kappa shape index (κ1) is 11.2. The minimum absolute atomic E-state index is 0.389. The molecule has 2 aliphatic rings. The van der Waals surface area contributed by atoms with Crippen molar-refractivity contribution >= 4 is 0 Å². The molecule has 1 aromatic rings. The molecule has 0 aromatic carbocycles. The number of fused-ring (bicyclic) bond motifs is 1. The molecule has 1 fully saturated rings. The smallest absolute Gasteiger partial charge is 0.159 e. The van der Waals surface area contributed by atoms with Gasteiger partial charge in [-0.15, -0.1) is 10.2 Å². The van der Waals surface area contributed by atoms with Crippen molar-refractivity contribution in [1.29, 1.82) is 0 Å². The van der Waals surface area contributed by atoms with Gasteiger partial charge in [-0.05, 0) is 38.1 Å². The van der Waals surface area contributed by atoms with Gasteiger partial charge in [0.1, 0.15) is 12.4 Å². The van der Waals surface area contributed by atoms with Gasteiger partial charge in [-0.3, -0.25) is 0 Å². The van der Waals surface area contributed by atoms with Gasteiger partial charge in [-0.25, -0.2) is 0 Å². The number of aryl methyl sites for hydroxylation is 1. The highest BCUT2D eigenvalue weighted by molar-refractivity contribution is 4.98. The molecule has 5 nitrogen and oxygen atoms in total. The molecule has 0 unspecified atom stereocenters. The van der Waals surface area contributed by atoms with E-state index in [2.05, 4.69) is 14.8 Å². The third-order valence-electron chi connectivity index (χ3n) is 3.91. The van der Waals surface area contributed by atoms with Crippen LogP contribution in [-0.2, 0) is 24.3 Å². The predicted molar refractivity (Wildman–Crippen MR) is 63.3 cm³/mol.